The predicted molar refractivity (Wildman–Crippen MR) is 107 cm³/mol. The molecule has 146 valence electrons. The van der Waals surface area contributed by atoms with Crippen molar-refractivity contribution in [3.8, 4) is 5.75 Å². The number of carbonyl (C=O) groups is 1. The minimum Gasteiger partial charge on any atom is -0.488 e. The van der Waals surface area contributed by atoms with Gasteiger partial charge in [-0.15, -0.1) is 12.4 Å². The van der Waals surface area contributed by atoms with Gasteiger partial charge in [0.25, 0.3) is 0 Å². The van der Waals surface area contributed by atoms with Gasteiger partial charge in [-0.3, -0.25) is 4.79 Å². The van der Waals surface area contributed by atoms with Gasteiger partial charge >= 0.3 is 0 Å². The lowest BCUT2D eigenvalue weighted by molar-refractivity contribution is -0.127. The smallest absolute Gasteiger partial charge is 0.222 e. The van der Waals surface area contributed by atoms with Crippen molar-refractivity contribution < 1.29 is 13.9 Å². The first-order valence-electron chi connectivity index (χ1n) is 9.16. The van der Waals surface area contributed by atoms with E-state index in [1.54, 1.807) is 18.2 Å². The van der Waals surface area contributed by atoms with Gasteiger partial charge in [0.1, 0.15) is 18.2 Å². The maximum absolute atomic E-state index is 13.7. The fourth-order valence-corrected chi connectivity index (χ4v) is 3.12. The molecule has 1 aliphatic rings. The average Bonchev–Trinajstić information content (AvgIpc) is 3.06. The minimum atomic E-state index is -0.250. The second-order valence-corrected chi connectivity index (χ2v) is 6.50. The third kappa shape index (κ3) is 6.22. The number of amides is 1. The van der Waals surface area contributed by atoms with Crippen LogP contribution >= 0.6 is 12.4 Å². The average molecular weight is 393 g/mol. The van der Waals surface area contributed by atoms with Gasteiger partial charge in [-0.25, -0.2) is 4.39 Å². The van der Waals surface area contributed by atoms with Crippen LogP contribution in [0.15, 0.2) is 48.5 Å². The number of carbonyl (C=O) groups excluding carboxylic acids is 1. The zero-order valence-electron chi connectivity index (χ0n) is 15.3. The highest BCUT2D eigenvalue weighted by Crippen LogP contribution is 2.20. The van der Waals surface area contributed by atoms with E-state index in [2.05, 4.69) is 5.32 Å². The number of para-hydroxylation sites is 1. The standard InChI is InChI=1S/C21H25FN2O2.ClH/c22-19-9-3-1-8-18(19)16-26-20-10-4-2-7-17(20)15-23-12-6-14-24-13-5-11-21(24)25;/h1-4,7-10,23H,5-6,11-16H2;1H. The van der Waals surface area contributed by atoms with Crippen molar-refractivity contribution in [1.29, 1.82) is 0 Å². The van der Waals surface area contributed by atoms with Crippen molar-refractivity contribution in [3.05, 3.63) is 65.5 Å². The molecule has 1 heterocycles. The first kappa shape index (κ1) is 21.2. The molecule has 2 aromatic rings. The number of likely N-dealkylation sites (tertiary alicyclic amines) is 1. The topological polar surface area (TPSA) is 41.6 Å². The van der Waals surface area contributed by atoms with Crippen LogP contribution in [0.1, 0.15) is 30.4 Å². The molecule has 0 aromatic heterocycles. The molecule has 0 spiro atoms. The lowest BCUT2D eigenvalue weighted by atomic mass is 10.2. The lowest BCUT2D eigenvalue weighted by Crippen LogP contribution is -2.28. The fraction of sp³-hybridized carbons (Fsp3) is 0.381. The van der Waals surface area contributed by atoms with Gasteiger partial charge in [-0.1, -0.05) is 36.4 Å². The second-order valence-electron chi connectivity index (χ2n) is 6.50. The second kappa shape index (κ2) is 10.9. The Balaban J connectivity index is 0.00000261. The minimum absolute atomic E-state index is 0. The van der Waals surface area contributed by atoms with Gasteiger partial charge in [-0.05, 0) is 31.5 Å². The third-order valence-corrected chi connectivity index (χ3v) is 4.58. The highest BCUT2D eigenvalue weighted by Gasteiger charge is 2.18. The zero-order valence-corrected chi connectivity index (χ0v) is 16.1. The number of nitrogens with zero attached hydrogens (tertiary/aromatic N) is 1. The quantitative estimate of drug-likeness (QED) is 0.657. The summed E-state index contributed by atoms with van der Waals surface area (Å²) in [5.74, 6) is 0.787. The van der Waals surface area contributed by atoms with E-state index >= 15 is 0 Å². The van der Waals surface area contributed by atoms with Crippen LogP contribution in [0.3, 0.4) is 0 Å². The van der Waals surface area contributed by atoms with Crippen LogP contribution in [0.4, 0.5) is 4.39 Å². The molecule has 1 saturated heterocycles. The summed E-state index contributed by atoms with van der Waals surface area (Å²) in [5, 5.41) is 3.40. The molecule has 1 N–H and O–H groups in total. The van der Waals surface area contributed by atoms with Gasteiger partial charge in [0, 0.05) is 37.2 Å². The molecule has 0 bridgehead atoms. The molecule has 0 radical (unpaired) electrons. The van der Waals surface area contributed by atoms with Crippen molar-refractivity contribution in [2.75, 3.05) is 19.6 Å². The summed E-state index contributed by atoms with van der Waals surface area (Å²) < 4.78 is 19.5. The fourth-order valence-electron chi connectivity index (χ4n) is 3.12. The maximum atomic E-state index is 13.7. The van der Waals surface area contributed by atoms with Gasteiger partial charge in [-0.2, -0.15) is 0 Å². The van der Waals surface area contributed by atoms with Gasteiger partial charge in [0.15, 0.2) is 0 Å². The summed E-state index contributed by atoms with van der Waals surface area (Å²) in [6, 6.07) is 14.4. The Morgan fingerprint density at radius 2 is 1.81 bits per heavy atom. The Kier molecular flexibility index (Phi) is 8.55. The summed E-state index contributed by atoms with van der Waals surface area (Å²) in [6.07, 6.45) is 2.61. The Morgan fingerprint density at radius 3 is 2.56 bits per heavy atom. The molecule has 1 aliphatic heterocycles. The van der Waals surface area contributed by atoms with Crippen molar-refractivity contribution in [2.45, 2.75) is 32.4 Å². The molecule has 3 rings (SSSR count). The molecule has 2 aromatic carbocycles. The number of hydrogen-bond donors (Lipinski definition) is 1. The van der Waals surface area contributed by atoms with Crippen LogP contribution in [0.25, 0.3) is 0 Å². The van der Waals surface area contributed by atoms with Crippen LogP contribution in [-0.4, -0.2) is 30.4 Å². The molecular formula is C21H26ClFN2O2. The van der Waals surface area contributed by atoms with Crippen LogP contribution in [0.5, 0.6) is 5.75 Å². The maximum Gasteiger partial charge on any atom is 0.222 e. The molecule has 4 nitrogen and oxygen atoms in total. The van der Waals surface area contributed by atoms with Crippen molar-refractivity contribution in [3.63, 3.8) is 0 Å². The number of halogens is 2. The lowest BCUT2D eigenvalue weighted by Gasteiger charge is -2.16. The Hall–Kier alpha value is -2.11. The molecule has 1 amide bonds. The summed E-state index contributed by atoms with van der Waals surface area (Å²) >= 11 is 0. The third-order valence-electron chi connectivity index (χ3n) is 4.58. The van der Waals surface area contributed by atoms with Crippen LogP contribution in [0, 0.1) is 5.82 Å². The van der Waals surface area contributed by atoms with Crippen molar-refractivity contribution in [1.82, 2.24) is 10.2 Å². The molecule has 27 heavy (non-hydrogen) atoms. The van der Waals surface area contributed by atoms with E-state index in [1.807, 2.05) is 29.2 Å². The monoisotopic (exact) mass is 392 g/mol. The molecule has 0 aliphatic carbocycles. The molecular weight excluding hydrogens is 367 g/mol. The van der Waals surface area contributed by atoms with E-state index in [9.17, 15) is 9.18 Å². The normalized spacial score (nSPS) is 13.5. The number of rotatable bonds is 9. The first-order chi connectivity index (χ1) is 12.7. The van der Waals surface area contributed by atoms with E-state index in [-0.39, 0.29) is 30.7 Å². The molecule has 0 atom stereocenters. The molecule has 6 heteroatoms. The largest absolute Gasteiger partial charge is 0.488 e. The van der Waals surface area contributed by atoms with Gasteiger partial charge in [0.05, 0.1) is 0 Å². The summed E-state index contributed by atoms with van der Waals surface area (Å²) in [5.41, 5.74) is 1.59. The number of benzene rings is 2. The highest BCUT2D eigenvalue weighted by atomic mass is 35.5. The SMILES string of the molecule is Cl.O=C1CCCN1CCCNCc1ccccc1OCc1ccccc1F. The molecule has 0 unspecified atom stereocenters. The van der Waals surface area contributed by atoms with E-state index in [0.29, 0.717) is 18.5 Å². The first-order valence-corrected chi connectivity index (χ1v) is 9.16. The van der Waals surface area contributed by atoms with Crippen molar-refractivity contribution >= 4 is 18.3 Å². The Bertz CT molecular complexity index is 742. The van der Waals surface area contributed by atoms with E-state index in [0.717, 1.165) is 43.8 Å². The van der Waals surface area contributed by atoms with Crippen LogP contribution in [-0.2, 0) is 17.9 Å². The zero-order chi connectivity index (χ0) is 18.2. The van der Waals surface area contributed by atoms with E-state index in [1.165, 1.54) is 6.07 Å². The Morgan fingerprint density at radius 1 is 1.07 bits per heavy atom. The summed E-state index contributed by atoms with van der Waals surface area (Å²) in [6.45, 7) is 3.44. The van der Waals surface area contributed by atoms with E-state index in [4.69, 9.17) is 4.74 Å². The summed E-state index contributed by atoms with van der Waals surface area (Å²) in [4.78, 5) is 13.5. The van der Waals surface area contributed by atoms with Gasteiger partial charge in [0.2, 0.25) is 5.91 Å². The van der Waals surface area contributed by atoms with Crippen molar-refractivity contribution in [2.24, 2.45) is 0 Å². The van der Waals surface area contributed by atoms with Gasteiger partial charge < -0.3 is 15.0 Å². The summed E-state index contributed by atoms with van der Waals surface area (Å²) in [7, 11) is 0. The highest BCUT2D eigenvalue weighted by molar-refractivity contribution is 5.85. The number of ether oxygens (including phenoxy) is 1. The molecule has 1 fully saturated rings. The molecule has 0 saturated carbocycles. The van der Waals surface area contributed by atoms with E-state index < -0.39 is 0 Å². The predicted octanol–water partition coefficient (Wildman–Crippen LogP) is 3.93. The Labute approximate surface area is 166 Å². The number of hydrogen-bond acceptors (Lipinski definition) is 3. The van der Waals surface area contributed by atoms with Crippen LogP contribution in [0.2, 0.25) is 0 Å². The number of nitrogens with one attached hydrogen (secondary N) is 1. The van der Waals surface area contributed by atoms with Crippen LogP contribution < -0.4 is 10.1 Å².